The Kier molecular flexibility index (Phi) is 6.23. The van der Waals surface area contributed by atoms with E-state index in [-0.39, 0.29) is 5.56 Å². The van der Waals surface area contributed by atoms with Gasteiger partial charge in [-0.3, -0.25) is 9.59 Å². The van der Waals surface area contributed by atoms with Crippen LogP contribution in [-0.4, -0.2) is 18.4 Å². The van der Waals surface area contributed by atoms with Gasteiger partial charge in [-0.2, -0.15) is 0 Å². The van der Waals surface area contributed by atoms with E-state index in [1.54, 1.807) is 31.5 Å². The number of aromatic amines is 1. The van der Waals surface area contributed by atoms with Crippen molar-refractivity contribution in [2.24, 2.45) is 0 Å². The fourth-order valence-corrected chi connectivity index (χ4v) is 1.65. The minimum absolute atomic E-state index is 0.0532. The van der Waals surface area contributed by atoms with Crippen molar-refractivity contribution in [1.29, 1.82) is 0 Å². The van der Waals surface area contributed by atoms with Crippen LogP contribution >= 0.6 is 0 Å². The number of rotatable bonds is 3. The van der Waals surface area contributed by atoms with Crippen LogP contribution in [0.1, 0.15) is 35.7 Å². The van der Waals surface area contributed by atoms with Crippen LogP contribution < -0.4 is 10.3 Å². The van der Waals surface area contributed by atoms with Gasteiger partial charge in [-0.25, -0.2) is 0 Å². The van der Waals surface area contributed by atoms with Gasteiger partial charge in [0.05, 0.1) is 7.11 Å². The summed E-state index contributed by atoms with van der Waals surface area (Å²) in [6.45, 7) is 4.15. The van der Waals surface area contributed by atoms with Gasteiger partial charge >= 0.3 is 0 Å². The smallest absolute Gasteiger partial charge is 0.247 e. The van der Waals surface area contributed by atoms with Crippen LogP contribution in [0.3, 0.4) is 0 Å². The predicted molar refractivity (Wildman–Crippen MR) is 79.5 cm³/mol. The number of aldehydes is 1. The second kappa shape index (κ2) is 7.94. The zero-order chi connectivity index (χ0) is 15.0. The van der Waals surface area contributed by atoms with Crippen LogP contribution in [0.2, 0.25) is 0 Å². The van der Waals surface area contributed by atoms with Crippen LogP contribution in [0.5, 0.6) is 5.75 Å². The minimum Gasteiger partial charge on any atom is -0.496 e. The summed E-state index contributed by atoms with van der Waals surface area (Å²) < 4.78 is 5.19. The second-order valence-corrected chi connectivity index (χ2v) is 4.50. The number of hydrogen-bond acceptors (Lipinski definition) is 3. The van der Waals surface area contributed by atoms with Gasteiger partial charge in [0.25, 0.3) is 0 Å². The fraction of sp³-hybridized carbons (Fsp3) is 0.250. The van der Waals surface area contributed by atoms with Gasteiger partial charge in [-0.05, 0) is 35.7 Å². The number of aromatic nitrogens is 1. The number of hydrogen-bond donors (Lipinski definition) is 1. The molecule has 0 aliphatic heterocycles. The molecule has 0 bridgehead atoms. The molecule has 20 heavy (non-hydrogen) atoms. The highest BCUT2D eigenvalue weighted by Crippen LogP contribution is 2.26. The molecule has 1 N–H and O–H groups in total. The number of pyridine rings is 1. The zero-order valence-electron chi connectivity index (χ0n) is 11.9. The summed E-state index contributed by atoms with van der Waals surface area (Å²) in [5, 5.41) is 0. The highest BCUT2D eigenvalue weighted by atomic mass is 16.5. The molecule has 0 unspecified atom stereocenters. The molecule has 1 aromatic carbocycles. The lowest BCUT2D eigenvalue weighted by molar-refractivity contribution is 0.112. The summed E-state index contributed by atoms with van der Waals surface area (Å²) in [6.07, 6.45) is 2.45. The van der Waals surface area contributed by atoms with E-state index in [1.165, 1.54) is 6.07 Å². The van der Waals surface area contributed by atoms with E-state index in [4.69, 9.17) is 4.74 Å². The lowest BCUT2D eigenvalue weighted by Crippen LogP contribution is -1.98. The molecule has 1 heterocycles. The average Bonchev–Trinajstić information content (AvgIpc) is 2.48. The molecule has 0 aliphatic rings. The molecule has 2 rings (SSSR count). The lowest BCUT2D eigenvalue weighted by Gasteiger charge is -2.11. The third-order valence-corrected chi connectivity index (χ3v) is 2.69. The van der Waals surface area contributed by atoms with Crippen molar-refractivity contribution in [1.82, 2.24) is 4.98 Å². The molecule has 0 spiro atoms. The first-order valence-electron chi connectivity index (χ1n) is 6.35. The third kappa shape index (κ3) is 4.72. The van der Waals surface area contributed by atoms with E-state index in [0.717, 1.165) is 17.6 Å². The van der Waals surface area contributed by atoms with Crippen LogP contribution in [0, 0.1) is 0 Å². The molecule has 1 aromatic heterocycles. The largest absolute Gasteiger partial charge is 0.496 e. The Bertz CT molecular complexity index is 585. The van der Waals surface area contributed by atoms with Crippen molar-refractivity contribution < 1.29 is 9.53 Å². The molecule has 2 aromatic rings. The Morgan fingerprint density at radius 1 is 1.20 bits per heavy atom. The molecule has 0 amide bonds. The Morgan fingerprint density at radius 3 is 2.35 bits per heavy atom. The highest BCUT2D eigenvalue weighted by molar-refractivity contribution is 5.75. The predicted octanol–water partition coefficient (Wildman–Crippen LogP) is 3.01. The van der Waals surface area contributed by atoms with Gasteiger partial charge in [0, 0.05) is 17.8 Å². The van der Waals surface area contributed by atoms with E-state index in [9.17, 15) is 9.59 Å². The van der Waals surface area contributed by atoms with Gasteiger partial charge < -0.3 is 9.72 Å². The van der Waals surface area contributed by atoms with Crippen LogP contribution in [0.4, 0.5) is 0 Å². The van der Waals surface area contributed by atoms with Crippen LogP contribution in [0.25, 0.3) is 0 Å². The minimum atomic E-state index is -0.0532. The monoisotopic (exact) mass is 273 g/mol. The topological polar surface area (TPSA) is 59.2 Å². The second-order valence-electron chi connectivity index (χ2n) is 4.50. The Labute approximate surface area is 118 Å². The molecular formula is C16H19NO3. The Morgan fingerprint density at radius 2 is 1.95 bits per heavy atom. The summed E-state index contributed by atoms with van der Waals surface area (Å²) in [5.41, 5.74) is 1.72. The SMILES string of the molecule is COc1ccc(C=O)cc1C(C)C.O=c1cccc[nH]1. The quantitative estimate of drug-likeness (QED) is 0.874. The first kappa shape index (κ1) is 15.7. The number of methoxy groups -OCH3 is 1. The van der Waals surface area contributed by atoms with Gasteiger partial charge in [0.15, 0.2) is 0 Å². The number of carbonyl (C=O) groups is 1. The average molecular weight is 273 g/mol. The summed E-state index contributed by atoms with van der Waals surface area (Å²) in [4.78, 5) is 23.2. The van der Waals surface area contributed by atoms with Crippen LogP contribution in [-0.2, 0) is 0 Å². The van der Waals surface area contributed by atoms with Crippen LogP contribution in [0.15, 0.2) is 47.4 Å². The van der Waals surface area contributed by atoms with Crippen molar-refractivity contribution >= 4 is 6.29 Å². The van der Waals surface area contributed by atoms with Gasteiger partial charge in [-0.15, -0.1) is 0 Å². The highest BCUT2D eigenvalue weighted by Gasteiger charge is 2.07. The fourth-order valence-electron chi connectivity index (χ4n) is 1.65. The first-order chi connectivity index (χ1) is 9.58. The summed E-state index contributed by atoms with van der Waals surface area (Å²) in [7, 11) is 1.64. The van der Waals surface area contributed by atoms with E-state index >= 15 is 0 Å². The summed E-state index contributed by atoms with van der Waals surface area (Å²) in [5.74, 6) is 1.22. The number of benzene rings is 1. The molecular weight excluding hydrogens is 254 g/mol. The Balaban J connectivity index is 0.000000240. The first-order valence-corrected chi connectivity index (χ1v) is 6.35. The number of ether oxygens (including phenoxy) is 1. The zero-order valence-corrected chi connectivity index (χ0v) is 11.9. The molecule has 0 radical (unpaired) electrons. The maximum Gasteiger partial charge on any atom is 0.247 e. The molecule has 0 atom stereocenters. The maximum atomic E-state index is 10.5. The number of H-pyrrole nitrogens is 1. The molecule has 4 nitrogen and oxygen atoms in total. The maximum absolute atomic E-state index is 10.5. The summed E-state index contributed by atoms with van der Waals surface area (Å²) in [6, 6.07) is 10.4. The number of carbonyl (C=O) groups excluding carboxylic acids is 1. The van der Waals surface area contributed by atoms with E-state index in [0.29, 0.717) is 11.5 Å². The third-order valence-electron chi connectivity index (χ3n) is 2.69. The van der Waals surface area contributed by atoms with Crippen molar-refractivity contribution in [3.63, 3.8) is 0 Å². The molecule has 4 heteroatoms. The summed E-state index contributed by atoms with van der Waals surface area (Å²) >= 11 is 0. The normalized spacial score (nSPS) is 9.60. The molecule has 106 valence electrons. The van der Waals surface area contributed by atoms with Gasteiger partial charge in [0.1, 0.15) is 12.0 Å². The van der Waals surface area contributed by atoms with Gasteiger partial charge in [0.2, 0.25) is 5.56 Å². The van der Waals surface area contributed by atoms with E-state index in [1.807, 2.05) is 12.1 Å². The van der Waals surface area contributed by atoms with E-state index < -0.39 is 0 Å². The standard InChI is InChI=1S/C11H14O2.C5H5NO/c1-8(2)10-6-9(7-12)4-5-11(10)13-3;7-5-3-1-2-4-6-5/h4-8H,1-3H3;1-4H,(H,6,7). The Hall–Kier alpha value is -2.36. The molecule has 0 saturated heterocycles. The van der Waals surface area contributed by atoms with Crippen molar-refractivity contribution in [3.05, 3.63) is 64.1 Å². The van der Waals surface area contributed by atoms with Crippen molar-refractivity contribution in [2.45, 2.75) is 19.8 Å². The number of nitrogens with one attached hydrogen (secondary N) is 1. The lowest BCUT2D eigenvalue weighted by atomic mass is 10.00. The van der Waals surface area contributed by atoms with Crippen molar-refractivity contribution in [3.8, 4) is 5.75 Å². The van der Waals surface area contributed by atoms with Crippen molar-refractivity contribution in [2.75, 3.05) is 7.11 Å². The molecule has 0 aliphatic carbocycles. The van der Waals surface area contributed by atoms with E-state index in [2.05, 4.69) is 18.8 Å². The molecule has 0 fully saturated rings. The van der Waals surface area contributed by atoms with Gasteiger partial charge in [-0.1, -0.05) is 19.9 Å². The molecule has 0 saturated carbocycles.